The number of hydrogen-bond acceptors (Lipinski definition) is 4. The largest absolute Gasteiger partial charge is 0.461 e. The fourth-order valence-corrected chi connectivity index (χ4v) is 3.04. The SMILES string of the molecule is CCCCCC1OC1C/C=C\C/C=C\C/C=C\CCCC(=O)OC1CC1N. The Kier molecular flexibility index (Phi) is 10.5. The summed E-state index contributed by atoms with van der Waals surface area (Å²) in [6.07, 6.45) is 25.3. The number of nitrogens with two attached hydrogens (primary N) is 1. The van der Waals surface area contributed by atoms with Crippen LogP contribution in [0.2, 0.25) is 0 Å². The molecule has 1 aliphatic carbocycles. The second-order valence-electron chi connectivity index (χ2n) is 7.65. The summed E-state index contributed by atoms with van der Waals surface area (Å²) >= 11 is 0. The van der Waals surface area contributed by atoms with E-state index in [1.165, 1.54) is 25.7 Å². The summed E-state index contributed by atoms with van der Waals surface area (Å²) in [7, 11) is 0. The zero-order valence-electron chi connectivity index (χ0n) is 16.9. The number of unbranched alkanes of at least 4 members (excludes halogenated alkanes) is 3. The monoisotopic (exact) mass is 375 g/mol. The molecule has 0 spiro atoms. The van der Waals surface area contributed by atoms with Gasteiger partial charge in [0.1, 0.15) is 6.10 Å². The molecule has 2 rings (SSSR count). The predicted octanol–water partition coefficient (Wildman–Crippen LogP) is 4.99. The molecular formula is C23H37NO3. The van der Waals surface area contributed by atoms with Crippen molar-refractivity contribution in [3.05, 3.63) is 36.5 Å². The second-order valence-corrected chi connectivity index (χ2v) is 7.65. The lowest BCUT2D eigenvalue weighted by Crippen LogP contribution is -2.13. The normalized spacial score (nSPS) is 27.0. The quantitative estimate of drug-likeness (QED) is 0.190. The van der Waals surface area contributed by atoms with Gasteiger partial charge in [-0.05, 0) is 38.5 Å². The van der Waals surface area contributed by atoms with Gasteiger partial charge in [0.25, 0.3) is 0 Å². The first kappa shape index (κ1) is 21.9. The van der Waals surface area contributed by atoms with Gasteiger partial charge in [0.2, 0.25) is 0 Å². The third kappa shape index (κ3) is 10.5. The Morgan fingerprint density at radius 2 is 1.74 bits per heavy atom. The fourth-order valence-electron chi connectivity index (χ4n) is 3.04. The van der Waals surface area contributed by atoms with E-state index >= 15 is 0 Å². The van der Waals surface area contributed by atoms with Gasteiger partial charge in [-0.15, -0.1) is 0 Å². The van der Waals surface area contributed by atoms with Crippen molar-refractivity contribution in [3.63, 3.8) is 0 Å². The Bertz CT molecular complexity index is 512. The average Bonchev–Trinajstić information content (AvgIpc) is 3.55. The summed E-state index contributed by atoms with van der Waals surface area (Å²) in [6, 6.07) is 0.0741. The first-order valence-electron chi connectivity index (χ1n) is 10.8. The summed E-state index contributed by atoms with van der Waals surface area (Å²) < 4.78 is 10.9. The van der Waals surface area contributed by atoms with E-state index in [4.69, 9.17) is 15.2 Å². The Morgan fingerprint density at radius 3 is 2.44 bits per heavy atom. The molecule has 1 saturated heterocycles. The average molecular weight is 376 g/mol. The number of epoxide rings is 1. The Hall–Kier alpha value is -1.39. The van der Waals surface area contributed by atoms with Crippen LogP contribution >= 0.6 is 0 Å². The van der Waals surface area contributed by atoms with E-state index in [1.54, 1.807) is 0 Å². The molecule has 4 atom stereocenters. The van der Waals surface area contributed by atoms with Crippen LogP contribution in [0.4, 0.5) is 0 Å². The molecule has 4 unspecified atom stereocenters. The van der Waals surface area contributed by atoms with Gasteiger partial charge in [0, 0.05) is 18.9 Å². The molecule has 2 fully saturated rings. The Labute approximate surface area is 164 Å². The van der Waals surface area contributed by atoms with E-state index in [0.29, 0.717) is 18.6 Å². The predicted molar refractivity (Wildman–Crippen MR) is 110 cm³/mol. The van der Waals surface area contributed by atoms with E-state index in [0.717, 1.165) is 38.5 Å². The van der Waals surface area contributed by atoms with Crippen molar-refractivity contribution in [1.29, 1.82) is 0 Å². The van der Waals surface area contributed by atoms with Gasteiger partial charge in [0.15, 0.2) is 0 Å². The number of allylic oxidation sites excluding steroid dienone is 5. The number of rotatable bonds is 15. The summed E-state index contributed by atoms with van der Waals surface area (Å²) in [5.74, 6) is -0.114. The first-order valence-corrected chi connectivity index (χ1v) is 10.8. The molecule has 0 amide bonds. The van der Waals surface area contributed by atoms with E-state index in [-0.39, 0.29) is 18.1 Å². The molecule has 0 aromatic heterocycles. The zero-order valence-corrected chi connectivity index (χ0v) is 16.9. The molecule has 2 N–H and O–H groups in total. The number of esters is 1. The molecule has 0 aromatic rings. The molecule has 1 heterocycles. The van der Waals surface area contributed by atoms with E-state index in [2.05, 4.69) is 43.4 Å². The van der Waals surface area contributed by atoms with Gasteiger partial charge in [-0.3, -0.25) is 4.79 Å². The van der Waals surface area contributed by atoms with Crippen molar-refractivity contribution in [2.24, 2.45) is 5.73 Å². The van der Waals surface area contributed by atoms with Crippen molar-refractivity contribution in [2.75, 3.05) is 0 Å². The zero-order chi connectivity index (χ0) is 19.3. The molecular weight excluding hydrogens is 338 g/mol. The molecule has 0 radical (unpaired) electrons. The van der Waals surface area contributed by atoms with Crippen LogP contribution in [0, 0.1) is 0 Å². The highest BCUT2D eigenvalue weighted by molar-refractivity contribution is 5.69. The number of hydrogen-bond donors (Lipinski definition) is 1. The molecule has 1 aliphatic heterocycles. The number of carbonyl (C=O) groups is 1. The Morgan fingerprint density at radius 1 is 1.04 bits per heavy atom. The van der Waals surface area contributed by atoms with Crippen LogP contribution in [0.5, 0.6) is 0 Å². The van der Waals surface area contributed by atoms with Crippen LogP contribution in [0.1, 0.15) is 77.6 Å². The minimum Gasteiger partial charge on any atom is -0.461 e. The highest BCUT2D eigenvalue weighted by Crippen LogP contribution is 2.30. The van der Waals surface area contributed by atoms with Crippen molar-refractivity contribution in [2.45, 2.75) is 102 Å². The lowest BCUT2D eigenvalue weighted by molar-refractivity contribution is -0.145. The van der Waals surface area contributed by atoms with Gasteiger partial charge in [-0.1, -0.05) is 62.6 Å². The smallest absolute Gasteiger partial charge is 0.306 e. The minimum atomic E-state index is -0.114. The molecule has 2 aliphatic rings. The maximum atomic E-state index is 11.5. The highest BCUT2D eigenvalue weighted by atomic mass is 16.6. The highest BCUT2D eigenvalue weighted by Gasteiger charge is 2.37. The van der Waals surface area contributed by atoms with Gasteiger partial charge >= 0.3 is 5.97 Å². The lowest BCUT2D eigenvalue weighted by atomic mass is 10.1. The fraction of sp³-hybridized carbons (Fsp3) is 0.696. The van der Waals surface area contributed by atoms with Crippen molar-refractivity contribution >= 4 is 5.97 Å². The van der Waals surface area contributed by atoms with E-state index < -0.39 is 0 Å². The topological polar surface area (TPSA) is 64.8 Å². The van der Waals surface area contributed by atoms with E-state index in [9.17, 15) is 4.79 Å². The van der Waals surface area contributed by atoms with Crippen molar-refractivity contribution in [1.82, 2.24) is 0 Å². The third-order valence-corrected chi connectivity index (χ3v) is 5.01. The number of carbonyl (C=O) groups excluding carboxylic acids is 1. The van der Waals surface area contributed by atoms with Crippen LogP contribution < -0.4 is 5.73 Å². The lowest BCUT2D eigenvalue weighted by Gasteiger charge is -2.01. The van der Waals surface area contributed by atoms with E-state index in [1.807, 2.05) is 0 Å². The van der Waals surface area contributed by atoms with Crippen LogP contribution in [-0.2, 0) is 14.3 Å². The van der Waals surface area contributed by atoms with Crippen LogP contribution in [-0.4, -0.2) is 30.3 Å². The molecule has 0 bridgehead atoms. The van der Waals surface area contributed by atoms with Crippen LogP contribution in [0.25, 0.3) is 0 Å². The third-order valence-electron chi connectivity index (χ3n) is 5.01. The summed E-state index contributed by atoms with van der Waals surface area (Å²) in [5.41, 5.74) is 5.61. The molecule has 4 heteroatoms. The minimum absolute atomic E-state index is 0.0174. The maximum Gasteiger partial charge on any atom is 0.306 e. The maximum absolute atomic E-state index is 11.5. The van der Waals surface area contributed by atoms with Crippen molar-refractivity contribution < 1.29 is 14.3 Å². The standard InChI is InChI=1S/C23H37NO3/c1-2-3-12-15-20-21(26-20)16-13-10-8-6-4-5-7-9-11-14-17-23(25)27-22-18-19(22)24/h4,6-7,9-10,13,19-22H,2-3,5,8,11-12,14-18,24H2,1H3/b6-4-,9-7-,13-10-. The van der Waals surface area contributed by atoms with Crippen LogP contribution in [0.3, 0.4) is 0 Å². The summed E-state index contributed by atoms with van der Waals surface area (Å²) in [4.78, 5) is 11.5. The number of ether oxygens (including phenoxy) is 2. The van der Waals surface area contributed by atoms with Crippen LogP contribution in [0.15, 0.2) is 36.5 Å². The first-order chi connectivity index (χ1) is 13.2. The van der Waals surface area contributed by atoms with Gasteiger partial charge in [0.05, 0.1) is 12.2 Å². The van der Waals surface area contributed by atoms with Gasteiger partial charge < -0.3 is 15.2 Å². The van der Waals surface area contributed by atoms with Gasteiger partial charge in [-0.25, -0.2) is 0 Å². The molecule has 27 heavy (non-hydrogen) atoms. The van der Waals surface area contributed by atoms with Gasteiger partial charge in [-0.2, -0.15) is 0 Å². The molecule has 152 valence electrons. The molecule has 4 nitrogen and oxygen atoms in total. The molecule has 0 aromatic carbocycles. The molecule has 1 saturated carbocycles. The van der Waals surface area contributed by atoms with Crippen molar-refractivity contribution in [3.8, 4) is 0 Å². The Balaban J connectivity index is 1.36. The summed E-state index contributed by atoms with van der Waals surface area (Å²) in [5, 5.41) is 0. The summed E-state index contributed by atoms with van der Waals surface area (Å²) in [6.45, 7) is 2.24. The second kappa shape index (κ2) is 12.9.